The molecule has 2 heterocycles. The Morgan fingerprint density at radius 1 is 0.929 bits per heavy atom. The highest BCUT2D eigenvalue weighted by molar-refractivity contribution is 5.72. The molecule has 28 heavy (non-hydrogen) atoms. The summed E-state index contributed by atoms with van der Waals surface area (Å²) in [6, 6.07) is 12.8. The number of nitrogens with zero attached hydrogens (tertiary/aromatic N) is 3. The van der Waals surface area contributed by atoms with Gasteiger partial charge in [-0.2, -0.15) is 13.2 Å². The topological polar surface area (TPSA) is 41.6 Å². The van der Waals surface area contributed by atoms with Crippen LogP contribution in [0.5, 0.6) is 0 Å². The van der Waals surface area contributed by atoms with Gasteiger partial charge in [-0.15, -0.1) is 0 Å². The Morgan fingerprint density at radius 3 is 2.39 bits per heavy atom. The Bertz CT molecular complexity index is 1020. The minimum Gasteiger partial charge on any atom is -0.408 e. The molecule has 0 amide bonds. The summed E-state index contributed by atoms with van der Waals surface area (Å²) < 4.78 is 45.5. The third-order valence-corrected chi connectivity index (χ3v) is 5.04. The molecule has 0 aliphatic carbocycles. The van der Waals surface area contributed by atoms with Crippen LogP contribution in [-0.4, -0.2) is 40.5 Å². The van der Waals surface area contributed by atoms with Crippen molar-refractivity contribution >= 4 is 11.1 Å². The molecule has 0 radical (unpaired) electrons. The first-order valence-corrected chi connectivity index (χ1v) is 9.09. The molecule has 2 aromatic carbocycles. The molecular formula is C20H20F3N3O2. The van der Waals surface area contributed by atoms with Crippen LogP contribution in [0, 0.1) is 0 Å². The number of alkyl halides is 3. The third-order valence-electron chi connectivity index (χ3n) is 5.04. The van der Waals surface area contributed by atoms with E-state index in [2.05, 4.69) is 9.80 Å². The summed E-state index contributed by atoms with van der Waals surface area (Å²) in [5, 5.41) is 0. The number of oxazole rings is 1. The first kappa shape index (κ1) is 18.8. The Morgan fingerprint density at radius 2 is 1.64 bits per heavy atom. The predicted molar refractivity (Wildman–Crippen MR) is 98.8 cm³/mol. The van der Waals surface area contributed by atoms with Crippen molar-refractivity contribution in [3.8, 4) is 0 Å². The molecular weight excluding hydrogens is 371 g/mol. The third kappa shape index (κ3) is 3.98. The zero-order valence-corrected chi connectivity index (χ0v) is 15.2. The lowest BCUT2D eigenvalue weighted by atomic mass is 10.1. The van der Waals surface area contributed by atoms with Gasteiger partial charge in [0, 0.05) is 32.7 Å². The van der Waals surface area contributed by atoms with E-state index >= 15 is 0 Å². The van der Waals surface area contributed by atoms with Crippen LogP contribution in [0.3, 0.4) is 0 Å². The van der Waals surface area contributed by atoms with Crippen molar-refractivity contribution in [3.05, 3.63) is 70.2 Å². The van der Waals surface area contributed by atoms with Crippen LogP contribution < -0.4 is 5.76 Å². The second-order valence-electron chi connectivity index (χ2n) is 7.00. The van der Waals surface area contributed by atoms with Gasteiger partial charge in [-0.1, -0.05) is 30.3 Å². The van der Waals surface area contributed by atoms with E-state index < -0.39 is 11.7 Å². The fourth-order valence-corrected chi connectivity index (χ4v) is 3.54. The first-order chi connectivity index (χ1) is 13.4. The second-order valence-corrected chi connectivity index (χ2v) is 7.00. The van der Waals surface area contributed by atoms with Gasteiger partial charge in [0.25, 0.3) is 0 Å². The second kappa shape index (κ2) is 7.44. The fourth-order valence-electron chi connectivity index (χ4n) is 3.54. The van der Waals surface area contributed by atoms with E-state index in [1.165, 1.54) is 12.1 Å². The number of hydrogen-bond acceptors (Lipinski definition) is 4. The largest absolute Gasteiger partial charge is 0.421 e. The van der Waals surface area contributed by atoms with Crippen molar-refractivity contribution in [2.45, 2.75) is 19.4 Å². The highest BCUT2D eigenvalue weighted by Gasteiger charge is 2.30. The Hall–Kier alpha value is -2.58. The molecule has 3 aromatic rings. The van der Waals surface area contributed by atoms with E-state index in [9.17, 15) is 18.0 Å². The average Bonchev–Trinajstić information content (AvgIpc) is 2.98. The Balaban J connectivity index is 1.37. The summed E-state index contributed by atoms with van der Waals surface area (Å²) in [5.41, 5.74) is 1.37. The molecule has 1 saturated heterocycles. The molecule has 0 bridgehead atoms. The standard InChI is InChI=1S/C20H20F3N3O2/c21-20(22,23)16-5-3-4-15(12-16)13-24-8-10-25(11-9-24)14-26-17-6-1-2-7-18(17)28-19(26)27/h1-7,12H,8-11,13-14H2. The summed E-state index contributed by atoms with van der Waals surface area (Å²) in [7, 11) is 0. The predicted octanol–water partition coefficient (Wildman–Crippen LogP) is 3.39. The SMILES string of the molecule is O=c1oc2ccccc2n1CN1CCN(Cc2cccc(C(F)(F)F)c2)CC1. The van der Waals surface area contributed by atoms with Crippen LogP contribution in [0.25, 0.3) is 11.1 Å². The lowest BCUT2D eigenvalue weighted by Gasteiger charge is -2.34. The monoisotopic (exact) mass is 391 g/mol. The van der Waals surface area contributed by atoms with Crippen molar-refractivity contribution < 1.29 is 17.6 Å². The van der Waals surface area contributed by atoms with E-state index in [0.717, 1.165) is 37.8 Å². The van der Waals surface area contributed by atoms with Crippen LogP contribution in [0.15, 0.2) is 57.7 Å². The molecule has 0 spiro atoms. The molecule has 0 atom stereocenters. The number of fused-ring (bicyclic) bond motifs is 1. The first-order valence-electron chi connectivity index (χ1n) is 9.09. The van der Waals surface area contributed by atoms with E-state index in [1.54, 1.807) is 16.7 Å². The molecule has 5 nitrogen and oxygen atoms in total. The highest BCUT2D eigenvalue weighted by atomic mass is 19.4. The van der Waals surface area contributed by atoms with Crippen molar-refractivity contribution in [2.24, 2.45) is 0 Å². The van der Waals surface area contributed by atoms with Crippen molar-refractivity contribution in [2.75, 3.05) is 26.2 Å². The molecule has 0 saturated carbocycles. The normalized spacial score (nSPS) is 16.7. The maximum absolute atomic E-state index is 12.9. The minimum absolute atomic E-state index is 0.382. The summed E-state index contributed by atoms with van der Waals surface area (Å²) in [5.74, 6) is -0.382. The number of para-hydroxylation sites is 2. The van der Waals surface area contributed by atoms with Crippen LogP contribution in [0.4, 0.5) is 13.2 Å². The fraction of sp³-hybridized carbons (Fsp3) is 0.350. The summed E-state index contributed by atoms with van der Waals surface area (Å²) in [6.45, 7) is 3.82. The molecule has 148 valence electrons. The van der Waals surface area contributed by atoms with Gasteiger partial charge in [-0.25, -0.2) is 4.79 Å². The van der Waals surface area contributed by atoms with Gasteiger partial charge in [0.2, 0.25) is 0 Å². The number of aromatic nitrogens is 1. The molecule has 1 aliphatic rings. The van der Waals surface area contributed by atoms with E-state index in [-0.39, 0.29) is 5.76 Å². The smallest absolute Gasteiger partial charge is 0.408 e. The Labute approximate surface area is 159 Å². The molecule has 1 aromatic heterocycles. The molecule has 1 aliphatic heterocycles. The van der Waals surface area contributed by atoms with Gasteiger partial charge in [-0.05, 0) is 23.8 Å². The van der Waals surface area contributed by atoms with Crippen LogP contribution in [0.1, 0.15) is 11.1 Å². The van der Waals surface area contributed by atoms with Crippen LogP contribution >= 0.6 is 0 Å². The van der Waals surface area contributed by atoms with E-state index in [1.807, 2.05) is 18.2 Å². The molecule has 4 rings (SSSR count). The Kier molecular flexibility index (Phi) is 4.99. The zero-order valence-electron chi connectivity index (χ0n) is 15.2. The number of hydrogen-bond donors (Lipinski definition) is 0. The van der Waals surface area contributed by atoms with Crippen molar-refractivity contribution in [3.63, 3.8) is 0 Å². The molecule has 1 fully saturated rings. The zero-order chi connectivity index (χ0) is 19.7. The van der Waals surface area contributed by atoms with E-state index in [0.29, 0.717) is 24.4 Å². The average molecular weight is 391 g/mol. The minimum atomic E-state index is -4.32. The van der Waals surface area contributed by atoms with Crippen LogP contribution in [0.2, 0.25) is 0 Å². The van der Waals surface area contributed by atoms with Crippen LogP contribution in [-0.2, 0) is 19.4 Å². The van der Waals surface area contributed by atoms with Gasteiger partial charge in [0.15, 0.2) is 5.58 Å². The van der Waals surface area contributed by atoms with Gasteiger partial charge in [-0.3, -0.25) is 14.4 Å². The summed E-state index contributed by atoms with van der Waals surface area (Å²) in [6.07, 6.45) is -4.32. The van der Waals surface area contributed by atoms with Crippen molar-refractivity contribution in [1.29, 1.82) is 0 Å². The maximum atomic E-state index is 12.9. The van der Waals surface area contributed by atoms with Gasteiger partial charge < -0.3 is 4.42 Å². The van der Waals surface area contributed by atoms with E-state index in [4.69, 9.17) is 4.42 Å². The summed E-state index contributed by atoms with van der Waals surface area (Å²) in [4.78, 5) is 16.4. The lowest BCUT2D eigenvalue weighted by molar-refractivity contribution is -0.137. The molecule has 0 N–H and O–H groups in total. The number of rotatable bonds is 4. The van der Waals surface area contributed by atoms with Gasteiger partial charge in [0.1, 0.15) is 0 Å². The maximum Gasteiger partial charge on any atom is 0.421 e. The molecule has 8 heteroatoms. The number of halogens is 3. The van der Waals surface area contributed by atoms with Gasteiger partial charge >= 0.3 is 11.9 Å². The molecule has 0 unspecified atom stereocenters. The quantitative estimate of drug-likeness (QED) is 0.684. The number of benzene rings is 2. The summed E-state index contributed by atoms with van der Waals surface area (Å²) >= 11 is 0. The van der Waals surface area contributed by atoms with Gasteiger partial charge in [0.05, 0.1) is 17.7 Å². The lowest BCUT2D eigenvalue weighted by Crippen LogP contribution is -2.47. The highest BCUT2D eigenvalue weighted by Crippen LogP contribution is 2.29. The number of piperazine rings is 1. The van der Waals surface area contributed by atoms with Crippen molar-refractivity contribution in [1.82, 2.24) is 14.4 Å².